The number of phenolic OH excluding ortho intramolecular Hbond substituents is 2. The molecule has 6 heteroatoms. The normalized spacial score (nSPS) is 23.4. The zero-order chi connectivity index (χ0) is 14.0. The minimum Gasteiger partial charge on any atom is -0.508 e. The fraction of sp³-hybridized carbons (Fsp3) is 0.462. The second-order valence-electron chi connectivity index (χ2n) is 4.72. The molecule has 0 saturated carbocycles. The maximum atomic E-state index is 12.3. The Balaban J connectivity index is 2.18. The second-order valence-corrected chi connectivity index (χ2v) is 4.72. The molecule has 4 N–H and O–H groups in total. The van der Waals surface area contributed by atoms with E-state index in [4.69, 9.17) is 10.5 Å². The van der Waals surface area contributed by atoms with Crippen LogP contribution in [-0.4, -0.2) is 52.9 Å². The molecule has 0 bridgehead atoms. The van der Waals surface area contributed by atoms with Crippen LogP contribution in [0.1, 0.15) is 17.3 Å². The summed E-state index contributed by atoms with van der Waals surface area (Å²) in [5.41, 5.74) is 5.74. The van der Waals surface area contributed by atoms with Gasteiger partial charge in [-0.05, 0) is 19.1 Å². The van der Waals surface area contributed by atoms with Gasteiger partial charge in [-0.25, -0.2) is 0 Å². The molecule has 2 atom stereocenters. The molecule has 1 aromatic carbocycles. The number of morpholine rings is 1. The SMILES string of the molecule is CC1CN(C(=O)c2ccc(O)cc2O)CC(CN)O1. The highest BCUT2D eigenvalue weighted by atomic mass is 16.5. The Labute approximate surface area is 111 Å². The average Bonchev–Trinajstić information content (AvgIpc) is 2.37. The van der Waals surface area contributed by atoms with E-state index in [1.807, 2.05) is 6.92 Å². The number of phenols is 2. The van der Waals surface area contributed by atoms with E-state index in [9.17, 15) is 15.0 Å². The molecule has 1 fully saturated rings. The van der Waals surface area contributed by atoms with E-state index >= 15 is 0 Å². The summed E-state index contributed by atoms with van der Waals surface area (Å²) in [6, 6.07) is 3.93. The van der Waals surface area contributed by atoms with E-state index in [-0.39, 0.29) is 35.2 Å². The Bertz CT molecular complexity index is 478. The van der Waals surface area contributed by atoms with Crippen LogP contribution in [0.3, 0.4) is 0 Å². The van der Waals surface area contributed by atoms with Crippen LogP contribution in [0, 0.1) is 0 Å². The van der Waals surface area contributed by atoms with E-state index in [1.165, 1.54) is 12.1 Å². The van der Waals surface area contributed by atoms with E-state index < -0.39 is 0 Å². The molecule has 1 heterocycles. The standard InChI is InChI=1S/C13H18N2O4/c1-8-6-15(7-10(5-14)19-8)13(18)11-3-2-9(16)4-12(11)17/h2-4,8,10,16-17H,5-7,14H2,1H3. The summed E-state index contributed by atoms with van der Waals surface area (Å²) in [6.45, 7) is 3.07. The van der Waals surface area contributed by atoms with Crippen molar-refractivity contribution in [2.24, 2.45) is 5.73 Å². The number of nitrogens with two attached hydrogens (primary N) is 1. The van der Waals surface area contributed by atoms with Gasteiger partial charge in [0, 0.05) is 25.7 Å². The van der Waals surface area contributed by atoms with Crippen molar-refractivity contribution < 1.29 is 19.7 Å². The Morgan fingerprint density at radius 1 is 1.47 bits per heavy atom. The van der Waals surface area contributed by atoms with Crippen LogP contribution in [0.5, 0.6) is 11.5 Å². The van der Waals surface area contributed by atoms with Gasteiger partial charge in [-0.15, -0.1) is 0 Å². The average molecular weight is 266 g/mol. The van der Waals surface area contributed by atoms with E-state index in [0.717, 1.165) is 6.07 Å². The highest BCUT2D eigenvalue weighted by Crippen LogP contribution is 2.25. The molecule has 1 amide bonds. The summed E-state index contributed by atoms with van der Waals surface area (Å²) < 4.78 is 5.58. The van der Waals surface area contributed by atoms with Crippen molar-refractivity contribution in [1.82, 2.24) is 4.90 Å². The zero-order valence-electron chi connectivity index (χ0n) is 10.7. The summed E-state index contributed by atoms with van der Waals surface area (Å²) in [5.74, 6) is -0.594. The quantitative estimate of drug-likeness (QED) is 0.715. The molecule has 6 nitrogen and oxygen atoms in total. The van der Waals surface area contributed by atoms with Gasteiger partial charge in [-0.2, -0.15) is 0 Å². The first kappa shape index (κ1) is 13.6. The van der Waals surface area contributed by atoms with Gasteiger partial charge in [0.1, 0.15) is 11.5 Å². The number of aromatic hydroxyl groups is 2. The maximum absolute atomic E-state index is 12.3. The molecule has 1 aromatic rings. The van der Waals surface area contributed by atoms with Gasteiger partial charge < -0.3 is 25.6 Å². The van der Waals surface area contributed by atoms with Gasteiger partial charge in [0.15, 0.2) is 0 Å². The van der Waals surface area contributed by atoms with Gasteiger partial charge in [0.05, 0.1) is 17.8 Å². The number of benzene rings is 1. The minimum atomic E-state index is -0.286. The number of amides is 1. The molecule has 0 aliphatic carbocycles. The molecule has 0 spiro atoms. The summed E-state index contributed by atoms with van der Waals surface area (Å²) in [5, 5.41) is 18.9. The first-order valence-electron chi connectivity index (χ1n) is 6.18. The molecule has 1 aliphatic heterocycles. The summed E-state index contributed by atoms with van der Waals surface area (Å²) >= 11 is 0. The number of ether oxygens (including phenoxy) is 1. The number of hydrogen-bond acceptors (Lipinski definition) is 5. The number of carbonyl (C=O) groups excluding carboxylic acids is 1. The number of hydrogen-bond donors (Lipinski definition) is 3. The lowest BCUT2D eigenvalue weighted by Crippen LogP contribution is -2.51. The molecule has 19 heavy (non-hydrogen) atoms. The largest absolute Gasteiger partial charge is 0.508 e. The molecule has 2 unspecified atom stereocenters. The van der Waals surface area contributed by atoms with Crippen LogP contribution in [0.4, 0.5) is 0 Å². The molecule has 0 aromatic heterocycles. The maximum Gasteiger partial charge on any atom is 0.257 e. The predicted molar refractivity (Wildman–Crippen MR) is 69.1 cm³/mol. The molecule has 104 valence electrons. The van der Waals surface area contributed by atoms with E-state index in [1.54, 1.807) is 4.90 Å². The van der Waals surface area contributed by atoms with Crippen molar-refractivity contribution in [3.8, 4) is 11.5 Å². The summed E-state index contributed by atoms with van der Waals surface area (Å²) in [7, 11) is 0. The van der Waals surface area contributed by atoms with Crippen LogP contribution in [0.25, 0.3) is 0 Å². The van der Waals surface area contributed by atoms with Crippen molar-refractivity contribution >= 4 is 5.91 Å². The predicted octanol–water partition coefficient (Wildman–Crippen LogP) is 0.286. The van der Waals surface area contributed by atoms with Gasteiger partial charge in [0.2, 0.25) is 0 Å². The van der Waals surface area contributed by atoms with Crippen molar-refractivity contribution in [3.05, 3.63) is 23.8 Å². The third-order valence-corrected chi connectivity index (χ3v) is 3.09. The molecule has 2 rings (SSSR count). The minimum absolute atomic E-state index is 0.0794. The Hall–Kier alpha value is -1.79. The highest BCUT2D eigenvalue weighted by Gasteiger charge is 2.29. The van der Waals surface area contributed by atoms with Gasteiger partial charge >= 0.3 is 0 Å². The van der Waals surface area contributed by atoms with Gasteiger partial charge in [0.25, 0.3) is 5.91 Å². The van der Waals surface area contributed by atoms with E-state index in [0.29, 0.717) is 19.6 Å². The van der Waals surface area contributed by atoms with Crippen molar-refractivity contribution in [2.45, 2.75) is 19.1 Å². The lowest BCUT2D eigenvalue weighted by Gasteiger charge is -2.36. The topological polar surface area (TPSA) is 96.0 Å². The third-order valence-electron chi connectivity index (χ3n) is 3.09. The van der Waals surface area contributed by atoms with Crippen LogP contribution in [0.2, 0.25) is 0 Å². The van der Waals surface area contributed by atoms with Crippen LogP contribution in [0.15, 0.2) is 18.2 Å². The second kappa shape index (κ2) is 5.46. The van der Waals surface area contributed by atoms with Crippen molar-refractivity contribution in [1.29, 1.82) is 0 Å². The fourth-order valence-electron chi connectivity index (χ4n) is 2.21. The van der Waals surface area contributed by atoms with Crippen molar-refractivity contribution in [2.75, 3.05) is 19.6 Å². The zero-order valence-corrected chi connectivity index (χ0v) is 10.7. The Kier molecular flexibility index (Phi) is 3.92. The smallest absolute Gasteiger partial charge is 0.257 e. The van der Waals surface area contributed by atoms with E-state index in [2.05, 4.69) is 0 Å². The molecular weight excluding hydrogens is 248 g/mol. The summed E-state index contributed by atoms with van der Waals surface area (Å²) in [6.07, 6.45) is -0.280. The molecular formula is C13H18N2O4. The van der Waals surface area contributed by atoms with Crippen molar-refractivity contribution in [3.63, 3.8) is 0 Å². The number of carbonyl (C=O) groups is 1. The van der Waals surface area contributed by atoms with Crippen LogP contribution >= 0.6 is 0 Å². The lowest BCUT2D eigenvalue weighted by molar-refractivity contribution is -0.0626. The first-order valence-corrected chi connectivity index (χ1v) is 6.18. The summed E-state index contributed by atoms with van der Waals surface area (Å²) in [4.78, 5) is 13.9. The monoisotopic (exact) mass is 266 g/mol. The number of rotatable bonds is 2. The highest BCUT2D eigenvalue weighted by molar-refractivity contribution is 5.97. The molecule has 0 radical (unpaired) electrons. The molecule has 1 saturated heterocycles. The third kappa shape index (κ3) is 2.97. The number of nitrogens with zero attached hydrogens (tertiary/aromatic N) is 1. The Morgan fingerprint density at radius 2 is 2.21 bits per heavy atom. The Morgan fingerprint density at radius 3 is 2.84 bits per heavy atom. The molecule has 1 aliphatic rings. The fourth-order valence-corrected chi connectivity index (χ4v) is 2.21. The van der Waals surface area contributed by atoms with Crippen LogP contribution < -0.4 is 5.73 Å². The first-order chi connectivity index (χ1) is 9.01. The van der Waals surface area contributed by atoms with Gasteiger partial charge in [-0.3, -0.25) is 4.79 Å². The lowest BCUT2D eigenvalue weighted by atomic mass is 10.1. The van der Waals surface area contributed by atoms with Crippen LogP contribution in [-0.2, 0) is 4.74 Å². The van der Waals surface area contributed by atoms with Gasteiger partial charge in [-0.1, -0.05) is 0 Å².